The molecule has 0 unspecified atom stereocenters. The minimum absolute atomic E-state index is 0.0189. The lowest BCUT2D eigenvalue weighted by Crippen LogP contribution is -2.41. The highest BCUT2D eigenvalue weighted by Gasteiger charge is 2.23. The molecule has 1 amide bonds. The second-order valence-electron chi connectivity index (χ2n) is 6.04. The lowest BCUT2D eigenvalue weighted by Gasteiger charge is -2.32. The summed E-state index contributed by atoms with van der Waals surface area (Å²) in [5.41, 5.74) is 5.90. The molecule has 0 saturated carbocycles. The van der Waals surface area contributed by atoms with Gasteiger partial charge in [-0.15, -0.1) is 0 Å². The van der Waals surface area contributed by atoms with Crippen molar-refractivity contribution in [2.24, 2.45) is 5.73 Å². The molecular formula is C17H26N4O4. The molecule has 138 valence electrons. The summed E-state index contributed by atoms with van der Waals surface area (Å²) in [7, 11) is 0. The Kier molecular flexibility index (Phi) is 7.62. The fraction of sp³-hybridized carbons (Fsp3) is 0.588. The number of ether oxygens (including phenoxy) is 1. The van der Waals surface area contributed by atoms with Crippen LogP contribution >= 0.6 is 0 Å². The van der Waals surface area contributed by atoms with E-state index in [0.29, 0.717) is 44.9 Å². The summed E-state index contributed by atoms with van der Waals surface area (Å²) in [4.78, 5) is 24.6. The van der Waals surface area contributed by atoms with Gasteiger partial charge in [-0.05, 0) is 31.9 Å². The highest BCUT2D eigenvalue weighted by Crippen LogP contribution is 2.23. The lowest BCUT2D eigenvalue weighted by atomic mass is 10.1. The fourth-order valence-electron chi connectivity index (χ4n) is 2.85. The van der Waals surface area contributed by atoms with Crippen LogP contribution in [0, 0.1) is 10.1 Å². The molecule has 3 N–H and O–H groups in total. The number of likely N-dealkylation sites (tertiary alicyclic amines) is 1. The van der Waals surface area contributed by atoms with Gasteiger partial charge in [-0.3, -0.25) is 14.9 Å². The molecule has 0 atom stereocenters. The Morgan fingerprint density at radius 1 is 1.36 bits per heavy atom. The number of para-hydroxylation sites is 2. The van der Waals surface area contributed by atoms with Gasteiger partial charge >= 0.3 is 0 Å². The molecule has 2 rings (SSSR count). The molecule has 1 heterocycles. The summed E-state index contributed by atoms with van der Waals surface area (Å²) < 4.78 is 5.73. The Labute approximate surface area is 147 Å². The van der Waals surface area contributed by atoms with Crippen LogP contribution in [-0.4, -0.2) is 54.6 Å². The number of piperidine rings is 1. The van der Waals surface area contributed by atoms with E-state index in [4.69, 9.17) is 10.5 Å². The van der Waals surface area contributed by atoms with Crippen molar-refractivity contribution in [3.05, 3.63) is 34.4 Å². The summed E-state index contributed by atoms with van der Waals surface area (Å²) in [5, 5.41) is 13.9. The van der Waals surface area contributed by atoms with Gasteiger partial charge in [0.1, 0.15) is 5.69 Å². The van der Waals surface area contributed by atoms with Crippen LogP contribution in [0.2, 0.25) is 0 Å². The first-order valence-electron chi connectivity index (χ1n) is 8.68. The van der Waals surface area contributed by atoms with Crippen LogP contribution in [0.3, 0.4) is 0 Å². The Morgan fingerprint density at radius 2 is 2.08 bits per heavy atom. The first kappa shape index (κ1) is 19.1. The molecule has 1 aromatic carbocycles. The van der Waals surface area contributed by atoms with Crippen LogP contribution in [0.25, 0.3) is 0 Å². The second-order valence-corrected chi connectivity index (χ2v) is 6.04. The minimum atomic E-state index is -0.431. The number of amides is 1. The molecule has 1 aliphatic rings. The van der Waals surface area contributed by atoms with Gasteiger partial charge in [0.15, 0.2) is 0 Å². The number of rotatable bonds is 9. The number of carbonyl (C=O) groups is 1. The maximum absolute atomic E-state index is 12.3. The zero-order valence-electron chi connectivity index (χ0n) is 14.4. The number of hydrogen-bond donors (Lipinski definition) is 2. The Balaban J connectivity index is 1.70. The van der Waals surface area contributed by atoms with Crippen LogP contribution in [-0.2, 0) is 9.53 Å². The second kappa shape index (κ2) is 9.95. The predicted molar refractivity (Wildman–Crippen MR) is 95.4 cm³/mol. The van der Waals surface area contributed by atoms with E-state index in [-0.39, 0.29) is 17.7 Å². The predicted octanol–water partition coefficient (Wildman–Crippen LogP) is 1.75. The highest BCUT2D eigenvalue weighted by atomic mass is 16.6. The molecular weight excluding hydrogens is 324 g/mol. The average Bonchev–Trinajstić information content (AvgIpc) is 2.62. The molecule has 0 spiro atoms. The molecule has 1 fully saturated rings. The molecule has 1 saturated heterocycles. The molecule has 1 aliphatic heterocycles. The van der Waals surface area contributed by atoms with Gasteiger partial charge < -0.3 is 20.7 Å². The normalized spacial score (nSPS) is 15.2. The van der Waals surface area contributed by atoms with Crippen LogP contribution in [0.5, 0.6) is 0 Å². The van der Waals surface area contributed by atoms with Gasteiger partial charge in [-0.2, -0.15) is 0 Å². The maximum Gasteiger partial charge on any atom is 0.292 e. The number of nitrogens with one attached hydrogen (secondary N) is 1. The standard InChI is InChI=1S/C17H26N4O4/c18-9-3-13-25-14-7-11-20(12-8-14)17(22)6-10-19-15-4-1-2-5-16(15)21(23)24/h1-2,4-5,14,19H,3,6-13,18H2. The third kappa shape index (κ3) is 5.99. The molecule has 25 heavy (non-hydrogen) atoms. The Morgan fingerprint density at radius 3 is 2.76 bits per heavy atom. The molecule has 0 radical (unpaired) electrons. The van der Waals surface area contributed by atoms with Crippen LogP contribution < -0.4 is 11.1 Å². The molecule has 0 aromatic heterocycles. The van der Waals surface area contributed by atoms with E-state index in [2.05, 4.69) is 5.32 Å². The first-order valence-corrected chi connectivity index (χ1v) is 8.68. The van der Waals surface area contributed by atoms with E-state index in [1.54, 1.807) is 18.2 Å². The average molecular weight is 350 g/mol. The van der Waals surface area contributed by atoms with E-state index >= 15 is 0 Å². The zero-order valence-corrected chi connectivity index (χ0v) is 14.4. The number of nitrogens with zero attached hydrogens (tertiary/aromatic N) is 2. The van der Waals surface area contributed by atoms with Crippen molar-refractivity contribution >= 4 is 17.3 Å². The molecule has 8 nitrogen and oxygen atoms in total. The number of carbonyl (C=O) groups excluding carboxylic acids is 1. The van der Waals surface area contributed by atoms with Crippen molar-refractivity contribution in [1.29, 1.82) is 0 Å². The monoisotopic (exact) mass is 350 g/mol. The van der Waals surface area contributed by atoms with E-state index in [1.807, 2.05) is 4.90 Å². The van der Waals surface area contributed by atoms with E-state index < -0.39 is 4.92 Å². The molecule has 8 heteroatoms. The van der Waals surface area contributed by atoms with Crippen LogP contribution in [0.15, 0.2) is 24.3 Å². The fourth-order valence-corrected chi connectivity index (χ4v) is 2.85. The van der Waals surface area contributed by atoms with E-state index in [9.17, 15) is 14.9 Å². The van der Waals surface area contributed by atoms with Gasteiger partial charge in [0.05, 0.1) is 11.0 Å². The molecule has 1 aromatic rings. The summed E-state index contributed by atoms with van der Waals surface area (Å²) in [6.45, 7) is 3.06. The minimum Gasteiger partial charge on any atom is -0.379 e. The van der Waals surface area contributed by atoms with Crippen molar-refractivity contribution in [3.8, 4) is 0 Å². The molecule has 0 bridgehead atoms. The summed E-state index contributed by atoms with van der Waals surface area (Å²) in [6.07, 6.45) is 3.06. The van der Waals surface area contributed by atoms with Crippen LogP contribution in [0.4, 0.5) is 11.4 Å². The third-order valence-electron chi connectivity index (χ3n) is 4.25. The quantitative estimate of drug-likeness (QED) is 0.399. The summed E-state index contributed by atoms with van der Waals surface area (Å²) >= 11 is 0. The Bertz CT molecular complexity index is 574. The van der Waals surface area contributed by atoms with Crippen molar-refractivity contribution in [2.75, 3.05) is 38.1 Å². The number of anilines is 1. The lowest BCUT2D eigenvalue weighted by molar-refractivity contribution is -0.384. The Hall–Kier alpha value is -2.19. The van der Waals surface area contributed by atoms with Gasteiger partial charge in [-0.25, -0.2) is 0 Å². The zero-order chi connectivity index (χ0) is 18.1. The molecule has 0 aliphatic carbocycles. The van der Waals surface area contributed by atoms with E-state index in [0.717, 1.165) is 19.3 Å². The van der Waals surface area contributed by atoms with Gasteiger partial charge in [0.2, 0.25) is 5.91 Å². The number of nitro groups is 1. The number of nitro benzene ring substituents is 1. The van der Waals surface area contributed by atoms with Crippen molar-refractivity contribution in [1.82, 2.24) is 4.90 Å². The van der Waals surface area contributed by atoms with Crippen molar-refractivity contribution in [2.45, 2.75) is 31.8 Å². The number of benzene rings is 1. The van der Waals surface area contributed by atoms with Gasteiger partial charge in [0, 0.05) is 38.7 Å². The first-order chi connectivity index (χ1) is 12.1. The largest absolute Gasteiger partial charge is 0.379 e. The maximum atomic E-state index is 12.3. The SMILES string of the molecule is NCCCOC1CCN(C(=O)CCNc2ccccc2[N+](=O)[O-])CC1. The highest BCUT2D eigenvalue weighted by molar-refractivity contribution is 5.77. The van der Waals surface area contributed by atoms with Crippen LogP contribution in [0.1, 0.15) is 25.7 Å². The number of hydrogen-bond acceptors (Lipinski definition) is 6. The topological polar surface area (TPSA) is 111 Å². The van der Waals surface area contributed by atoms with E-state index in [1.165, 1.54) is 6.07 Å². The number of nitrogens with two attached hydrogens (primary N) is 1. The smallest absolute Gasteiger partial charge is 0.292 e. The van der Waals surface area contributed by atoms with Crippen molar-refractivity contribution in [3.63, 3.8) is 0 Å². The summed E-state index contributed by atoms with van der Waals surface area (Å²) in [5.74, 6) is 0.0616. The van der Waals surface area contributed by atoms with Gasteiger partial charge in [-0.1, -0.05) is 12.1 Å². The third-order valence-corrected chi connectivity index (χ3v) is 4.25. The summed E-state index contributed by atoms with van der Waals surface area (Å²) in [6, 6.07) is 6.44. The van der Waals surface area contributed by atoms with Crippen molar-refractivity contribution < 1.29 is 14.5 Å². The van der Waals surface area contributed by atoms with Gasteiger partial charge in [0.25, 0.3) is 5.69 Å².